The molecule has 1 aliphatic heterocycles. The molecule has 1 fully saturated rings. The second kappa shape index (κ2) is 25.3. The maximum absolute atomic E-state index is 13.2. The molecule has 1 saturated heterocycles. The summed E-state index contributed by atoms with van der Waals surface area (Å²) >= 11 is 12.4. The highest BCUT2D eigenvalue weighted by molar-refractivity contribution is 8.26. The van der Waals surface area contributed by atoms with Crippen LogP contribution in [0.25, 0.3) is 6.08 Å². The number of benzene rings is 1. The fourth-order valence-corrected chi connectivity index (χ4v) is 6.01. The summed E-state index contributed by atoms with van der Waals surface area (Å²) in [6, 6.07) is 9.12. The summed E-state index contributed by atoms with van der Waals surface area (Å²) in [4.78, 5) is 30.6. The second-order valence-corrected chi connectivity index (χ2v) is 13.0. The fourth-order valence-electron chi connectivity index (χ4n) is 4.57. The van der Waals surface area contributed by atoms with Crippen molar-refractivity contribution in [3.8, 4) is 5.75 Å². The maximum Gasteiger partial charge on any atom is 0.303 e. The first-order chi connectivity index (χ1) is 24.0. The summed E-state index contributed by atoms with van der Waals surface area (Å²) in [5, 5.41) is 9.23. The third-order valence-corrected chi connectivity index (χ3v) is 8.75. The fraction of sp³-hybridized carbons (Fsp3) is 0.543. The summed E-state index contributed by atoms with van der Waals surface area (Å²) in [6.07, 6.45) is 9.82. The first kappa shape index (κ1) is 40.8. The van der Waals surface area contributed by atoms with E-state index in [9.17, 15) is 14.7 Å². The van der Waals surface area contributed by atoms with Crippen LogP contribution in [0.4, 0.5) is 0 Å². The molecule has 1 aromatic carbocycles. The molecule has 0 atom stereocenters. The van der Waals surface area contributed by atoms with Crippen LogP contribution in [0.1, 0.15) is 48.8 Å². The van der Waals surface area contributed by atoms with Crippen molar-refractivity contribution in [1.29, 1.82) is 0 Å². The number of rotatable bonds is 28. The second-order valence-electron chi connectivity index (χ2n) is 10.9. The highest BCUT2D eigenvalue weighted by atomic mass is 35.5. The number of aryl methyl sites for hydroxylation is 1. The maximum atomic E-state index is 13.2. The molecule has 1 aromatic heterocycles. The van der Waals surface area contributed by atoms with Gasteiger partial charge in [-0.05, 0) is 60.2 Å². The van der Waals surface area contributed by atoms with E-state index in [1.807, 2.05) is 18.2 Å². The minimum absolute atomic E-state index is 0.0355. The molecular weight excluding hydrogens is 692 g/mol. The van der Waals surface area contributed by atoms with Crippen LogP contribution in [0.3, 0.4) is 0 Å². The Labute approximate surface area is 303 Å². The minimum Gasteiger partial charge on any atom is -0.491 e. The predicted molar refractivity (Wildman–Crippen MR) is 194 cm³/mol. The average Bonchev–Trinajstić information content (AvgIpc) is 3.36. The zero-order valence-corrected chi connectivity index (χ0v) is 30.2. The van der Waals surface area contributed by atoms with E-state index in [-0.39, 0.29) is 12.3 Å². The molecule has 14 heteroatoms. The van der Waals surface area contributed by atoms with Gasteiger partial charge in [0.1, 0.15) is 16.7 Å². The molecule has 270 valence electrons. The van der Waals surface area contributed by atoms with E-state index in [1.165, 1.54) is 16.7 Å². The normalized spacial score (nSPS) is 13.9. The highest BCUT2D eigenvalue weighted by Crippen LogP contribution is 2.35. The van der Waals surface area contributed by atoms with Crippen molar-refractivity contribution in [2.24, 2.45) is 0 Å². The van der Waals surface area contributed by atoms with E-state index in [2.05, 4.69) is 4.98 Å². The van der Waals surface area contributed by atoms with Crippen molar-refractivity contribution in [1.82, 2.24) is 9.88 Å². The molecule has 0 unspecified atom stereocenters. The van der Waals surface area contributed by atoms with Crippen LogP contribution in [-0.4, -0.2) is 110 Å². The summed E-state index contributed by atoms with van der Waals surface area (Å²) in [5.74, 6) is 0.206. The number of carboxylic acid groups (broad SMARTS) is 1. The Morgan fingerprint density at radius 1 is 0.878 bits per heavy atom. The van der Waals surface area contributed by atoms with E-state index >= 15 is 0 Å². The Morgan fingerprint density at radius 2 is 1.51 bits per heavy atom. The lowest BCUT2D eigenvalue weighted by atomic mass is 10.0. The molecule has 2 heterocycles. The van der Waals surface area contributed by atoms with Crippen molar-refractivity contribution in [3.05, 3.63) is 64.3 Å². The van der Waals surface area contributed by atoms with Crippen LogP contribution in [0.2, 0.25) is 0 Å². The summed E-state index contributed by atoms with van der Waals surface area (Å²) in [6.45, 7) is 5.71. The first-order valence-corrected chi connectivity index (χ1v) is 18.3. The van der Waals surface area contributed by atoms with Gasteiger partial charge in [0.25, 0.3) is 5.91 Å². The van der Waals surface area contributed by atoms with Gasteiger partial charge in [-0.2, -0.15) is 0 Å². The van der Waals surface area contributed by atoms with E-state index in [0.717, 1.165) is 49.3 Å². The lowest BCUT2D eigenvalue weighted by molar-refractivity contribution is -0.137. The first-order valence-electron chi connectivity index (χ1n) is 16.5. The van der Waals surface area contributed by atoms with Gasteiger partial charge in [0.15, 0.2) is 0 Å². The molecule has 3 rings (SSSR count). The van der Waals surface area contributed by atoms with E-state index in [1.54, 1.807) is 30.6 Å². The number of aromatic nitrogens is 1. The average molecular weight is 739 g/mol. The third kappa shape index (κ3) is 17.2. The van der Waals surface area contributed by atoms with Gasteiger partial charge in [0, 0.05) is 31.3 Å². The molecule has 1 N–H and O–H groups in total. The number of thiocarbonyl (C=S) groups is 1. The van der Waals surface area contributed by atoms with Crippen molar-refractivity contribution in [2.45, 2.75) is 45.1 Å². The molecule has 1 amide bonds. The minimum atomic E-state index is -0.898. The quantitative estimate of drug-likeness (QED) is 0.0494. The Hall–Kier alpha value is -2.62. The molecule has 49 heavy (non-hydrogen) atoms. The molecule has 0 saturated carbocycles. The number of hydrogen-bond donors (Lipinski definition) is 1. The van der Waals surface area contributed by atoms with Gasteiger partial charge in [-0.15, -0.1) is 11.6 Å². The number of carbonyl (C=O) groups excluding carboxylic acids is 1. The van der Waals surface area contributed by atoms with E-state index < -0.39 is 5.97 Å². The van der Waals surface area contributed by atoms with Crippen molar-refractivity contribution in [3.63, 3.8) is 0 Å². The summed E-state index contributed by atoms with van der Waals surface area (Å²) in [7, 11) is 0. The number of unbranched alkanes of at least 4 members (excludes halogenated alkanes) is 3. The van der Waals surface area contributed by atoms with Gasteiger partial charge in [-0.3, -0.25) is 19.5 Å². The standard InChI is InChI=1S/C35H47ClN2O9S2/c36-11-3-1-2-4-13-42-14-15-43-16-17-44-18-19-45-20-21-46-22-23-47-31-9-7-29(8-10-33(39)40)30(24-31)25-32-34(41)38(35(48)49-32)27-28-6-5-12-37-26-28/h5-7,9,12,24-26H,1-4,8,10-11,13-23,27H2,(H,39,40)/b32-25-. The predicted octanol–water partition coefficient (Wildman–Crippen LogP) is 5.76. The number of halogens is 1. The number of carboxylic acids is 1. The number of thioether (sulfide) groups is 1. The smallest absolute Gasteiger partial charge is 0.303 e. The zero-order chi connectivity index (χ0) is 34.9. The van der Waals surface area contributed by atoms with Gasteiger partial charge in [0.05, 0.1) is 70.9 Å². The van der Waals surface area contributed by atoms with E-state index in [0.29, 0.717) is 99.6 Å². The molecule has 0 bridgehead atoms. The molecular formula is C35H47ClN2O9S2. The number of amides is 1. The molecule has 0 spiro atoms. The summed E-state index contributed by atoms with van der Waals surface area (Å²) < 4.78 is 34.0. The van der Waals surface area contributed by atoms with Gasteiger partial charge in [-0.1, -0.05) is 49.0 Å². The Morgan fingerprint density at radius 3 is 2.12 bits per heavy atom. The number of hydrogen-bond acceptors (Lipinski definition) is 11. The SMILES string of the molecule is O=C(O)CCc1ccc(OCCOCCOCCOCCOCCOCCCCCCCl)cc1/C=C1\SC(=S)N(Cc2cccnc2)C1=O. The molecule has 1 aliphatic rings. The number of nitrogens with zero attached hydrogens (tertiary/aromatic N) is 2. The van der Waals surface area contributed by atoms with Crippen molar-refractivity contribution < 1.29 is 43.1 Å². The topological polar surface area (TPSA) is 126 Å². The number of alkyl halides is 1. The number of carbonyl (C=O) groups is 2. The molecule has 2 aromatic rings. The van der Waals surface area contributed by atoms with Crippen LogP contribution >= 0.6 is 35.6 Å². The third-order valence-electron chi connectivity index (χ3n) is 7.11. The highest BCUT2D eigenvalue weighted by Gasteiger charge is 2.32. The van der Waals surface area contributed by atoms with Crippen LogP contribution in [0.5, 0.6) is 5.75 Å². The molecule has 0 radical (unpaired) electrons. The Balaban J connectivity index is 1.29. The summed E-state index contributed by atoms with van der Waals surface area (Å²) in [5.41, 5.74) is 2.37. The Bertz CT molecular complexity index is 1300. The van der Waals surface area contributed by atoms with E-state index in [4.69, 9.17) is 52.2 Å². The van der Waals surface area contributed by atoms with Crippen LogP contribution in [-0.2, 0) is 46.2 Å². The van der Waals surface area contributed by atoms with Crippen LogP contribution < -0.4 is 4.74 Å². The largest absolute Gasteiger partial charge is 0.491 e. The van der Waals surface area contributed by atoms with Crippen molar-refractivity contribution in [2.75, 3.05) is 78.6 Å². The molecule has 11 nitrogen and oxygen atoms in total. The van der Waals surface area contributed by atoms with Crippen LogP contribution in [0.15, 0.2) is 47.6 Å². The van der Waals surface area contributed by atoms with Gasteiger partial charge in [0.2, 0.25) is 0 Å². The van der Waals surface area contributed by atoms with Crippen LogP contribution in [0, 0.1) is 0 Å². The van der Waals surface area contributed by atoms with Gasteiger partial charge in [-0.25, -0.2) is 0 Å². The number of aliphatic carboxylic acids is 1. The molecule has 0 aliphatic carbocycles. The number of pyridine rings is 1. The van der Waals surface area contributed by atoms with Crippen molar-refractivity contribution >= 4 is 57.9 Å². The Kier molecular flexibility index (Phi) is 21.1. The van der Waals surface area contributed by atoms with Gasteiger partial charge < -0.3 is 33.5 Å². The monoisotopic (exact) mass is 738 g/mol. The lowest BCUT2D eigenvalue weighted by Gasteiger charge is -2.14. The lowest BCUT2D eigenvalue weighted by Crippen LogP contribution is -2.27. The zero-order valence-electron chi connectivity index (χ0n) is 27.9. The van der Waals surface area contributed by atoms with Gasteiger partial charge >= 0.3 is 5.97 Å². The number of ether oxygens (including phenoxy) is 6.